The minimum absolute atomic E-state index is 0.0926. The fraction of sp³-hybridized carbons (Fsp3) is 0.333. The number of hydrogen-bond donors (Lipinski definition) is 1. The highest BCUT2D eigenvalue weighted by molar-refractivity contribution is 5.26. The van der Waals surface area contributed by atoms with Crippen molar-refractivity contribution in [3.05, 3.63) is 59.1 Å². The van der Waals surface area contributed by atoms with Crippen LogP contribution in [0.1, 0.15) is 29.9 Å². The van der Waals surface area contributed by atoms with Crippen LogP contribution in [0.5, 0.6) is 0 Å². The average Bonchev–Trinajstić information content (AvgIpc) is 2.88. The summed E-state index contributed by atoms with van der Waals surface area (Å²) >= 11 is 0. The molecule has 4 heteroatoms. The van der Waals surface area contributed by atoms with Gasteiger partial charge < -0.3 is 9.73 Å². The Labute approximate surface area is 111 Å². The molecule has 2 nitrogen and oxygen atoms in total. The first-order chi connectivity index (χ1) is 9.17. The van der Waals surface area contributed by atoms with Crippen molar-refractivity contribution >= 4 is 0 Å². The number of likely N-dealkylation sites (N-methyl/N-ethyl adjacent to an activating group) is 1. The molecule has 0 aliphatic carbocycles. The van der Waals surface area contributed by atoms with Crippen LogP contribution in [0, 0.1) is 11.6 Å². The molecule has 1 heterocycles. The van der Waals surface area contributed by atoms with E-state index in [9.17, 15) is 8.78 Å². The van der Waals surface area contributed by atoms with E-state index in [-0.39, 0.29) is 6.04 Å². The molecule has 0 bridgehead atoms. The van der Waals surface area contributed by atoms with Gasteiger partial charge in [0.25, 0.3) is 0 Å². The van der Waals surface area contributed by atoms with Crippen molar-refractivity contribution in [2.75, 3.05) is 7.05 Å². The monoisotopic (exact) mass is 265 g/mol. The van der Waals surface area contributed by atoms with E-state index in [2.05, 4.69) is 5.32 Å². The fourth-order valence-corrected chi connectivity index (χ4v) is 2.24. The van der Waals surface area contributed by atoms with Crippen LogP contribution in [-0.4, -0.2) is 7.05 Å². The second-order valence-electron chi connectivity index (χ2n) is 4.41. The van der Waals surface area contributed by atoms with Crippen LogP contribution in [-0.2, 0) is 12.8 Å². The highest BCUT2D eigenvalue weighted by atomic mass is 19.2. The first-order valence-electron chi connectivity index (χ1n) is 6.33. The largest absolute Gasteiger partial charge is 0.469 e. The van der Waals surface area contributed by atoms with Crippen molar-refractivity contribution in [1.29, 1.82) is 0 Å². The highest BCUT2D eigenvalue weighted by Crippen LogP contribution is 2.25. The Morgan fingerprint density at radius 1 is 1.26 bits per heavy atom. The van der Waals surface area contributed by atoms with Gasteiger partial charge in [-0.3, -0.25) is 0 Å². The molecule has 0 spiro atoms. The second-order valence-corrected chi connectivity index (χ2v) is 4.41. The van der Waals surface area contributed by atoms with Crippen LogP contribution in [0.3, 0.4) is 0 Å². The Morgan fingerprint density at radius 2 is 2.05 bits per heavy atom. The number of aryl methyl sites for hydroxylation is 1. The van der Waals surface area contributed by atoms with E-state index in [1.54, 1.807) is 19.4 Å². The maximum atomic E-state index is 13.7. The summed E-state index contributed by atoms with van der Waals surface area (Å²) in [6, 6.07) is 6.04. The van der Waals surface area contributed by atoms with E-state index < -0.39 is 11.6 Å². The maximum absolute atomic E-state index is 13.7. The summed E-state index contributed by atoms with van der Waals surface area (Å²) in [6.07, 6.45) is 2.78. The van der Waals surface area contributed by atoms with Gasteiger partial charge in [-0.1, -0.05) is 19.1 Å². The van der Waals surface area contributed by atoms with Crippen LogP contribution in [0.15, 0.2) is 34.9 Å². The molecule has 1 unspecified atom stereocenters. The zero-order valence-corrected chi connectivity index (χ0v) is 11.0. The van der Waals surface area contributed by atoms with E-state index in [1.165, 1.54) is 6.07 Å². The minimum Gasteiger partial charge on any atom is -0.469 e. The molecule has 2 rings (SSSR count). The molecule has 102 valence electrons. The third kappa shape index (κ3) is 2.84. The van der Waals surface area contributed by atoms with Gasteiger partial charge in [0.15, 0.2) is 11.6 Å². The van der Waals surface area contributed by atoms with E-state index in [4.69, 9.17) is 4.42 Å². The average molecular weight is 265 g/mol. The third-order valence-electron chi connectivity index (χ3n) is 3.28. The molecule has 1 aromatic heterocycles. The lowest BCUT2D eigenvalue weighted by molar-refractivity contribution is 0.476. The van der Waals surface area contributed by atoms with E-state index in [1.807, 2.05) is 13.0 Å². The first-order valence-corrected chi connectivity index (χ1v) is 6.33. The zero-order valence-electron chi connectivity index (χ0n) is 11.0. The molecule has 2 aromatic rings. The Hall–Kier alpha value is -1.68. The molecule has 0 amide bonds. The number of nitrogens with one attached hydrogen (secondary N) is 1. The second kappa shape index (κ2) is 5.97. The summed E-state index contributed by atoms with van der Waals surface area (Å²) in [5.74, 6) is -0.712. The summed E-state index contributed by atoms with van der Waals surface area (Å²) in [5.41, 5.74) is 1.36. The molecule has 0 saturated heterocycles. The van der Waals surface area contributed by atoms with Crippen LogP contribution in [0.25, 0.3) is 0 Å². The van der Waals surface area contributed by atoms with Crippen molar-refractivity contribution in [3.8, 4) is 0 Å². The molecule has 0 fully saturated rings. The van der Waals surface area contributed by atoms with Gasteiger partial charge in [-0.05, 0) is 31.2 Å². The lowest BCUT2D eigenvalue weighted by Gasteiger charge is -2.16. The molecule has 1 aromatic carbocycles. The predicted octanol–water partition coefficient (Wildman–Crippen LogP) is 3.62. The van der Waals surface area contributed by atoms with Gasteiger partial charge in [0.2, 0.25) is 0 Å². The molecule has 0 saturated carbocycles. The van der Waals surface area contributed by atoms with Gasteiger partial charge in [0.1, 0.15) is 5.76 Å². The lowest BCUT2D eigenvalue weighted by atomic mass is 9.98. The fourth-order valence-electron chi connectivity index (χ4n) is 2.24. The van der Waals surface area contributed by atoms with Crippen LogP contribution < -0.4 is 5.32 Å². The minimum atomic E-state index is -0.810. The van der Waals surface area contributed by atoms with E-state index in [0.717, 1.165) is 23.8 Å². The summed E-state index contributed by atoms with van der Waals surface area (Å²) < 4.78 is 32.3. The van der Waals surface area contributed by atoms with Crippen LogP contribution >= 0.6 is 0 Å². The van der Waals surface area contributed by atoms with Crippen LogP contribution in [0.4, 0.5) is 8.78 Å². The van der Waals surface area contributed by atoms with Gasteiger partial charge >= 0.3 is 0 Å². The summed E-state index contributed by atoms with van der Waals surface area (Å²) in [4.78, 5) is 0. The normalized spacial score (nSPS) is 12.6. The number of rotatable bonds is 5. The molecule has 1 atom stereocenters. The number of hydrogen-bond acceptors (Lipinski definition) is 2. The summed E-state index contributed by atoms with van der Waals surface area (Å²) in [5, 5.41) is 3.13. The number of halogens is 2. The van der Waals surface area contributed by atoms with Gasteiger partial charge in [-0.25, -0.2) is 8.78 Å². The SMILES string of the molecule is CCc1occc1C(Cc1cccc(F)c1F)NC. The van der Waals surface area contributed by atoms with Crippen molar-refractivity contribution in [3.63, 3.8) is 0 Å². The summed E-state index contributed by atoms with van der Waals surface area (Å²) in [6.45, 7) is 2.00. The molecular formula is C15H17F2NO. The van der Waals surface area contributed by atoms with Gasteiger partial charge in [-0.2, -0.15) is 0 Å². The van der Waals surface area contributed by atoms with Crippen LogP contribution in [0.2, 0.25) is 0 Å². The molecule has 1 N–H and O–H groups in total. The molecular weight excluding hydrogens is 248 g/mol. The highest BCUT2D eigenvalue weighted by Gasteiger charge is 2.18. The van der Waals surface area contributed by atoms with E-state index >= 15 is 0 Å². The summed E-state index contributed by atoms with van der Waals surface area (Å²) in [7, 11) is 1.80. The van der Waals surface area contributed by atoms with Crippen molar-refractivity contribution in [2.24, 2.45) is 0 Å². The van der Waals surface area contributed by atoms with Crippen molar-refractivity contribution in [1.82, 2.24) is 5.32 Å². The van der Waals surface area contributed by atoms with Crippen molar-refractivity contribution in [2.45, 2.75) is 25.8 Å². The third-order valence-corrected chi connectivity index (χ3v) is 3.28. The Balaban J connectivity index is 2.27. The number of furan rings is 1. The molecule has 0 aliphatic rings. The standard InChI is InChI=1S/C15H17F2NO/c1-3-14-11(7-8-19-14)13(18-2)9-10-5-4-6-12(16)15(10)17/h4-8,13,18H,3,9H2,1-2H3. The zero-order chi connectivity index (χ0) is 13.8. The predicted molar refractivity (Wildman–Crippen MR) is 69.9 cm³/mol. The van der Waals surface area contributed by atoms with Gasteiger partial charge in [0.05, 0.1) is 6.26 Å². The molecule has 19 heavy (non-hydrogen) atoms. The maximum Gasteiger partial charge on any atom is 0.162 e. The lowest BCUT2D eigenvalue weighted by Crippen LogP contribution is -2.20. The molecule has 0 radical (unpaired) electrons. The van der Waals surface area contributed by atoms with Gasteiger partial charge in [-0.15, -0.1) is 0 Å². The smallest absolute Gasteiger partial charge is 0.162 e. The Bertz CT molecular complexity index is 551. The Kier molecular flexibility index (Phi) is 4.32. The number of benzene rings is 1. The first kappa shape index (κ1) is 13.7. The quantitative estimate of drug-likeness (QED) is 0.893. The topological polar surface area (TPSA) is 25.2 Å². The Morgan fingerprint density at radius 3 is 2.74 bits per heavy atom. The van der Waals surface area contributed by atoms with Crippen molar-refractivity contribution < 1.29 is 13.2 Å². The van der Waals surface area contributed by atoms with Gasteiger partial charge in [0, 0.05) is 18.0 Å². The molecule has 0 aliphatic heterocycles. The van der Waals surface area contributed by atoms with E-state index in [0.29, 0.717) is 12.0 Å².